The number of thiophene rings is 1. The van der Waals surface area contributed by atoms with Crippen molar-refractivity contribution < 1.29 is 22.4 Å². The summed E-state index contributed by atoms with van der Waals surface area (Å²) in [7, 11) is -3.52. The topological polar surface area (TPSA) is 81.9 Å². The lowest BCUT2D eigenvalue weighted by atomic mass is 10.1. The highest BCUT2D eigenvalue weighted by Crippen LogP contribution is 2.37. The van der Waals surface area contributed by atoms with E-state index in [1.165, 1.54) is 15.6 Å². The monoisotopic (exact) mass is 384 g/mol. The number of rotatable bonds is 3. The van der Waals surface area contributed by atoms with Crippen molar-refractivity contribution in [1.29, 1.82) is 0 Å². The van der Waals surface area contributed by atoms with Gasteiger partial charge in [-0.1, -0.05) is 5.16 Å². The minimum atomic E-state index is -3.52. The van der Waals surface area contributed by atoms with Gasteiger partial charge in [0.25, 0.3) is 10.0 Å². The second kappa shape index (κ2) is 6.17. The maximum atomic E-state index is 12.9. The van der Waals surface area contributed by atoms with Crippen LogP contribution in [0.1, 0.15) is 24.1 Å². The van der Waals surface area contributed by atoms with E-state index in [2.05, 4.69) is 5.16 Å². The zero-order chi connectivity index (χ0) is 17.7. The maximum absolute atomic E-state index is 12.9. The zero-order valence-electron chi connectivity index (χ0n) is 14.1. The van der Waals surface area contributed by atoms with Crippen LogP contribution < -0.4 is 0 Å². The molecular formula is C16H20N2O5S2. The predicted octanol–water partition coefficient (Wildman–Crippen LogP) is 2.55. The third-order valence-corrected chi connectivity index (χ3v) is 8.30. The van der Waals surface area contributed by atoms with Crippen molar-refractivity contribution in [2.45, 2.75) is 36.7 Å². The highest BCUT2D eigenvalue weighted by atomic mass is 32.2. The van der Waals surface area contributed by atoms with E-state index >= 15 is 0 Å². The van der Waals surface area contributed by atoms with Crippen molar-refractivity contribution in [2.24, 2.45) is 0 Å². The number of hydrogen-bond acceptors (Lipinski definition) is 7. The average molecular weight is 384 g/mol. The van der Waals surface area contributed by atoms with Crippen LogP contribution in [0.3, 0.4) is 0 Å². The summed E-state index contributed by atoms with van der Waals surface area (Å²) in [5.74, 6) is 0.0514. The van der Waals surface area contributed by atoms with Crippen LogP contribution in [0.5, 0.6) is 0 Å². The van der Waals surface area contributed by atoms with Gasteiger partial charge in [0.05, 0.1) is 23.8 Å². The summed E-state index contributed by atoms with van der Waals surface area (Å²) in [6, 6.07) is 3.42. The van der Waals surface area contributed by atoms with Gasteiger partial charge in [-0.3, -0.25) is 0 Å². The van der Waals surface area contributed by atoms with Gasteiger partial charge in [0, 0.05) is 31.5 Å². The zero-order valence-corrected chi connectivity index (χ0v) is 15.8. The van der Waals surface area contributed by atoms with Gasteiger partial charge in [0.2, 0.25) is 0 Å². The van der Waals surface area contributed by atoms with E-state index in [0.29, 0.717) is 49.1 Å². The molecule has 2 aliphatic rings. The molecule has 2 aromatic heterocycles. The highest BCUT2D eigenvalue weighted by Gasteiger charge is 2.43. The predicted molar refractivity (Wildman–Crippen MR) is 91.9 cm³/mol. The SMILES string of the molecule is Cc1noc(-c2ccc(S(=O)(=O)N3CCC4(CC3)OCCO4)s2)c1C. The Labute approximate surface area is 150 Å². The number of aryl methyl sites for hydroxylation is 1. The third kappa shape index (κ3) is 2.93. The van der Waals surface area contributed by atoms with Gasteiger partial charge in [-0.05, 0) is 26.0 Å². The number of aromatic nitrogens is 1. The molecule has 0 atom stereocenters. The Morgan fingerprint density at radius 3 is 2.44 bits per heavy atom. The van der Waals surface area contributed by atoms with Crippen molar-refractivity contribution in [1.82, 2.24) is 9.46 Å². The molecule has 0 amide bonds. The lowest BCUT2D eigenvalue weighted by Crippen LogP contribution is -2.47. The van der Waals surface area contributed by atoms with Gasteiger partial charge in [-0.25, -0.2) is 8.42 Å². The molecule has 0 unspecified atom stereocenters. The molecule has 4 rings (SSSR count). The Kier molecular flexibility index (Phi) is 4.24. The molecule has 2 fully saturated rings. The van der Waals surface area contributed by atoms with E-state index in [4.69, 9.17) is 14.0 Å². The number of nitrogens with zero attached hydrogens (tertiary/aromatic N) is 2. The van der Waals surface area contributed by atoms with Crippen LogP contribution in [-0.4, -0.2) is 50.0 Å². The molecule has 0 aliphatic carbocycles. The molecule has 2 aromatic rings. The molecule has 2 saturated heterocycles. The third-order valence-electron chi connectivity index (χ3n) is 4.85. The normalized spacial score (nSPS) is 21.2. The van der Waals surface area contributed by atoms with Gasteiger partial charge in [-0.2, -0.15) is 4.31 Å². The smallest absolute Gasteiger partial charge is 0.252 e. The summed E-state index contributed by atoms with van der Waals surface area (Å²) >= 11 is 1.21. The maximum Gasteiger partial charge on any atom is 0.252 e. The van der Waals surface area contributed by atoms with E-state index in [1.54, 1.807) is 12.1 Å². The highest BCUT2D eigenvalue weighted by molar-refractivity contribution is 7.91. The van der Waals surface area contributed by atoms with Gasteiger partial charge in [0.1, 0.15) is 4.21 Å². The number of sulfonamides is 1. The molecule has 136 valence electrons. The molecular weight excluding hydrogens is 364 g/mol. The van der Waals surface area contributed by atoms with Crippen LogP contribution >= 0.6 is 11.3 Å². The fraction of sp³-hybridized carbons (Fsp3) is 0.562. The lowest BCUT2D eigenvalue weighted by molar-refractivity contribution is -0.179. The first-order valence-electron chi connectivity index (χ1n) is 8.22. The van der Waals surface area contributed by atoms with Crippen LogP contribution in [0.2, 0.25) is 0 Å². The summed E-state index contributed by atoms with van der Waals surface area (Å²) in [4.78, 5) is 0.771. The van der Waals surface area contributed by atoms with Crippen molar-refractivity contribution >= 4 is 21.4 Å². The first-order valence-corrected chi connectivity index (χ1v) is 10.5. The van der Waals surface area contributed by atoms with Crippen LogP contribution in [0, 0.1) is 13.8 Å². The molecule has 7 nitrogen and oxygen atoms in total. The van der Waals surface area contributed by atoms with Crippen LogP contribution in [0.4, 0.5) is 0 Å². The van der Waals surface area contributed by atoms with Crippen molar-refractivity contribution in [3.05, 3.63) is 23.4 Å². The summed E-state index contributed by atoms with van der Waals surface area (Å²) in [6.07, 6.45) is 1.12. The molecule has 0 bridgehead atoms. The standard InChI is InChI=1S/C16H20N2O5S2/c1-11-12(2)17-23-15(11)13-3-4-14(24-13)25(19,20)18-7-5-16(6-8-18)21-9-10-22-16/h3-4H,5-10H2,1-2H3. The summed E-state index contributed by atoms with van der Waals surface area (Å²) < 4.78 is 44.4. The molecule has 9 heteroatoms. The molecule has 4 heterocycles. The Balaban J connectivity index is 1.54. The van der Waals surface area contributed by atoms with E-state index in [0.717, 1.165) is 16.1 Å². The average Bonchev–Trinajstić information content (AvgIpc) is 3.31. The Bertz CT molecular complexity index is 870. The second-order valence-corrected chi connectivity index (χ2v) is 9.60. The minimum absolute atomic E-state index is 0.320. The van der Waals surface area contributed by atoms with Gasteiger partial charge in [0.15, 0.2) is 11.5 Å². The van der Waals surface area contributed by atoms with E-state index in [-0.39, 0.29) is 0 Å². The lowest BCUT2D eigenvalue weighted by Gasteiger charge is -2.36. The molecule has 0 saturated carbocycles. The molecule has 0 N–H and O–H groups in total. The summed E-state index contributed by atoms with van der Waals surface area (Å²) in [5.41, 5.74) is 1.74. The fourth-order valence-corrected chi connectivity index (χ4v) is 6.14. The Morgan fingerprint density at radius 1 is 1.16 bits per heavy atom. The van der Waals surface area contributed by atoms with E-state index in [1.807, 2.05) is 13.8 Å². The van der Waals surface area contributed by atoms with Crippen molar-refractivity contribution in [2.75, 3.05) is 26.3 Å². The molecule has 1 spiro atoms. The van der Waals surface area contributed by atoms with Crippen molar-refractivity contribution in [3.8, 4) is 10.6 Å². The van der Waals surface area contributed by atoms with Crippen LogP contribution in [0.15, 0.2) is 20.9 Å². The summed E-state index contributed by atoms with van der Waals surface area (Å²) in [5, 5.41) is 3.94. The Morgan fingerprint density at radius 2 is 1.84 bits per heavy atom. The van der Waals surface area contributed by atoms with Crippen LogP contribution in [0.25, 0.3) is 10.6 Å². The number of ether oxygens (including phenoxy) is 2. The first-order chi connectivity index (χ1) is 11.9. The number of piperidine rings is 1. The van der Waals surface area contributed by atoms with Gasteiger partial charge >= 0.3 is 0 Å². The van der Waals surface area contributed by atoms with Crippen molar-refractivity contribution in [3.63, 3.8) is 0 Å². The van der Waals surface area contributed by atoms with E-state index in [9.17, 15) is 8.42 Å². The largest absolute Gasteiger partial charge is 0.355 e. The minimum Gasteiger partial charge on any atom is -0.355 e. The van der Waals surface area contributed by atoms with E-state index < -0.39 is 15.8 Å². The Hall–Kier alpha value is -1.26. The fourth-order valence-electron chi connectivity index (χ4n) is 3.21. The first kappa shape index (κ1) is 17.2. The second-order valence-electron chi connectivity index (χ2n) is 6.35. The summed E-state index contributed by atoms with van der Waals surface area (Å²) in [6.45, 7) is 5.74. The quantitative estimate of drug-likeness (QED) is 0.809. The van der Waals surface area contributed by atoms with Gasteiger partial charge in [-0.15, -0.1) is 11.3 Å². The molecule has 25 heavy (non-hydrogen) atoms. The number of hydrogen-bond donors (Lipinski definition) is 0. The molecule has 2 aliphatic heterocycles. The van der Waals surface area contributed by atoms with Gasteiger partial charge < -0.3 is 14.0 Å². The molecule has 0 radical (unpaired) electrons. The van der Waals surface area contributed by atoms with Crippen LogP contribution in [-0.2, 0) is 19.5 Å². The molecule has 0 aromatic carbocycles.